The van der Waals surface area contributed by atoms with Crippen LogP contribution in [0.4, 0.5) is 4.39 Å². The van der Waals surface area contributed by atoms with Crippen LogP contribution >= 0.6 is 15.9 Å². The molecule has 1 aromatic carbocycles. The maximum atomic E-state index is 13.3. The van der Waals surface area contributed by atoms with E-state index in [-0.39, 0.29) is 11.9 Å². The average molecular weight is 302 g/mol. The molecule has 2 rings (SSSR count). The zero-order chi connectivity index (χ0) is 12.4. The number of rotatable bonds is 5. The van der Waals surface area contributed by atoms with E-state index in [9.17, 15) is 9.50 Å². The molecule has 1 fully saturated rings. The summed E-state index contributed by atoms with van der Waals surface area (Å²) in [5, 5.41) is 9.81. The first-order valence-corrected chi connectivity index (χ1v) is 6.66. The zero-order valence-electron chi connectivity index (χ0n) is 9.87. The van der Waals surface area contributed by atoms with Crippen molar-refractivity contribution in [3.63, 3.8) is 0 Å². The van der Waals surface area contributed by atoms with Crippen LogP contribution in [0, 0.1) is 11.7 Å². The van der Waals surface area contributed by atoms with Crippen molar-refractivity contribution < 1.29 is 9.50 Å². The van der Waals surface area contributed by atoms with Crippen LogP contribution in [0.3, 0.4) is 0 Å². The SMILES string of the molecule is CN(Cc1ccc(Br)c(F)c1)CC(O)C1CC1. The van der Waals surface area contributed by atoms with Crippen molar-refractivity contribution >= 4 is 15.9 Å². The van der Waals surface area contributed by atoms with Crippen LogP contribution in [-0.4, -0.2) is 29.7 Å². The lowest BCUT2D eigenvalue weighted by molar-refractivity contribution is 0.104. The Morgan fingerprint density at radius 2 is 2.24 bits per heavy atom. The molecule has 0 saturated heterocycles. The molecule has 0 radical (unpaired) electrons. The first-order chi connectivity index (χ1) is 8.06. The largest absolute Gasteiger partial charge is 0.392 e. The van der Waals surface area contributed by atoms with Crippen LogP contribution in [-0.2, 0) is 6.54 Å². The van der Waals surface area contributed by atoms with Crippen LogP contribution in [0.5, 0.6) is 0 Å². The fourth-order valence-corrected chi connectivity index (χ4v) is 2.21. The summed E-state index contributed by atoms with van der Waals surface area (Å²) in [4.78, 5) is 2.03. The molecule has 1 atom stereocenters. The zero-order valence-corrected chi connectivity index (χ0v) is 11.5. The molecule has 0 aromatic heterocycles. The van der Waals surface area contributed by atoms with Crippen molar-refractivity contribution in [3.8, 4) is 0 Å². The van der Waals surface area contributed by atoms with E-state index in [1.165, 1.54) is 6.07 Å². The Kier molecular flexibility index (Phi) is 4.17. The van der Waals surface area contributed by atoms with E-state index in [1.54, 1.807) is 6.07 Å². The second kappa shape index (κ2) is 5.46. The predicted octanol–water partition coefficient (Wildman–Crippen LogP) is 2.79. The average Bonchev–Trinajstić information content (AvgIpc) is 3.06. The van der Waals surface area contributed by atoms with E-state index < -0.39 is 0 Å². The number of likely N-dealkylation sites (N-methyl/N-ethyl adjacent to an activating group) is 1. The normalized spacial score (nSPS) is 17.5. The highest BCUT2D eigenvalue weighted by Crippen LogP contribution is 2.32. The van der Waals surface area contributed by atoms with Crippen LogP contribution < -0.4 is 0 Å². The lowest BCUT2D eigenvalue weighted by Gasteiger charge is -2.20. The maximum absolute atomic E-state index is 13.3. The summed E-state index contributed by atoms with van der Waals surface area (Å²) in [6.07, 6.45) is 2.05. The molecule has 0 aliphatic heterocycles. The molecule has 1 N–H and O–H groups in total. The molecular formula is C13H17BrFNO. The summed E-state index contributed by atoms with van der Waals surface area (Å²) >= 11 is 3.13. The van der Waals surface area contributed by atoms with Gasteiger partial charge >= 0.3 is 0 Å². The summed E-state index contributed by atoms with van der Waals surface area (Å²) in [6, 6.07) is 5.15. The third-order valence-electron chi connectivity index (χ3n) is 3.10. The highest BCUT2D eigenvalue weighted by molar-refractivity contribution is 9.10. The molecule has 1 aliphatic rings. The van der Waals surface area contributed by atoms with Gasteiger partial charge in [-0.05, 0) is 59.4 Å². The van der Waals surface area contributed by atoms with Crippen molar-refractivity contribution in [2.24, 2.45) is 5.92 Å². The number of hydrogen-bond acceptors (Lipinski definition) is 2. The van der Waals surface area contributed by atoms with Crippen LogP contribution in [0.1, 0.15) is 18.4 Å². The number of nitrogens with zero attached hydrogens (tertiary/aromatic N) is 1. The van der Waals surface area contributed by atoms with Gasteiger partial charge in [0.15, 0.2) is 0 Å². The standard InChI is InChI=1S/C13H17BrFNO/c1-16(8-13(17)10-3-4-10)7-9-2-5-11(14)12(15)6-9/h2,5-6,10,13,17H,3-4,7-8H2,1H3. The topological polar surface area (TPSA) is 23.5 Å². The monoisotopic (exact) mass is 301 g/mol. The van der Waals surface area contributed by atoms with Crippen molar-refractivity contribution in [2.45, 2.75) is 25.5 Å². The lowest BCUT2D eigenvalue weighted by Crippen LogP contribution is -2.30. The fraction of sp³-hybridized carbons (Fsp3) is 0.538. The van der Waals surface area contributed by atoms with Crippen molar-refractivity contribution in [1.82, 2.24) is 4.90 Å². The van der Waals surface area contributed by atoms with Crippen molar-refractivity contribution in [2.75, 3.05) is 13.6 Å². The van der Waals surface area contributed by atoms with Crippen LogP contribution in [0.2, 0.25) is 0 Å². The molecule has 2 nitrogen and oxygen atoms in total. The van der Waals surface area contributed by atoms with Gasteiger partial charge in [-0.25, -0.2) is 4.39 Å². The molecular weight excluding hydrogens is 285 g/mol. The molecule has 17 heavy (non-hydrogen) atoms. The van der Waals surface area contributed by atoms with Gasteiger partial charge in [0.1, 0.15) is 5.82 Å². The van der Waals surface area contributed by atoms with Gasteiger partial charge in [-0.15, -0.1) is 0 Å². The number of aliphatic hydroxyl groups is 1. The Hall–Kier alpha value is -0.450. The number of halogens is 2. The minimum atomic E-state index is -0.237. The van der Waals surface area contributed by atoms with Crippen LogP contribution in [0.15, 0.2) is 22.7 Å². The Morgan fingerprint density at radius 1 is 1.53 bits per heavy atom. The number of hydrogen-bond donors (Lipinski definition) is 1. The molecule has 0 heterocycles. The molecule has 1 unspecified atom stereocenters. The van der Waals surface area contributed by atoms with E-state index in [1.807, 2.05) is 18.0 Å². The molecule has 1 aromatic rings. The Morgan fingerprint density at radius 3 is 2.82 bits per heavy atom. The summed E-state index contributed by atoms with van der Waals surface area (Å²) in [6.45, 7) is 1.32. The molecule has 0 amide bonds. The molecule has 1 saturated carbocycles. The van der Waals surface area contributed by atoms with E-state index >= 15 is 0 Å². The van der Waals surface area contributed by atoms with Crippen LogP contribution in [0.25, 0.3) is 0 Å². The van der Waals surface area contributed by atoms with Crippen molar-refractivity contribution in [1.29, 1.82) is 0 Å². The van der Waals surface area contributed by atoms with Gasteiger partial charge in [-0.1, -0.05) is 6.07 Å². The highest BCUT2D eigenvalue weighted by atomic mass is 79.9. The third kappa shape index (κ3) is 3.76. The Labute approximate surface area is 110 Å². The fourth-order valence-electron chi connectivity index (χ4n) is 1.96. The first-order valence-electron chi connectivity index (χ1n) is 5.87. The minimum absolute atomic E-state index is 0.236. The van der Waals surface area contributed by atoms with Gasteiger partial charge in [0.25, 0.3) is 0 Å². The van der Waals surface area contributed by atoms with Crippen molar-refractivity contribution in [3.05, 3.63) is 34.1 Å². The second-order valence-corrected chi connectivity index (χ2v) is 5.70. The van der Waals surface area contributed by atoms with E-state index in [2.05, 4.69) is 15.9 Å². The second-order valence-electron chi connectivity index (χ2n) is 4.85. The quantitative estimate of drug-likeness (QED) is 0.904. The first kappa shape index (κ1) is 13.0. The third-order valence-corrected chi connectivity index (χ3v) is 3.74. The smallest absolute Gasteiger partial charge is 0.137 e. The highest BCUT2D eigenvalue weighted by Gasteiger charge is 2.30. The lowest BCUT2D eigenvalue weighted by atomic mass is 10.2. The number of benzene rings is 1. The van der Waals surface area contributed by atoms with Gasteiger partial charge in [0, 0.05) is 13.1 Å². The molecule has 0 bridgehead atoms. The van der Waals surface area contributed by atoms with Gasteiger partial charge in [0.2, 0.25) is 0 Å². The number of aliphatic hydroxyl groups excluding tert-OH is 1. The summed E-state index contributed by atoms with van der Waals surface area (Å²) in [5.74, 6) is 0.248. The summed E-state index contributed by atoms with van der Waals surface area (Å²) in [5.41, 5.74) is 0.927. The van der Waals surface area contributed by atoms with E-state index in [4.69, 9.17) is 0 Å². The van der Waals surface area contributed by atoms with Gasteiger partial charge in [-0.3, -0.25) is 4.90 Å². The predicted molar refractivity (Wildman–Crippen MR) is 69.2 cm³/mol. The van der Waals surface area contributed by atoms with Gasteiger partial charge < -0.3 is 5.11 Å². The molecule has 94 valence electrons. The van der Waals surface area contributed by atoms with Gasteiger partial charge in [-0.2, -0.15) is 0 Å². The summed E-state index contributed by atoms with van der Waals surface area (Å²) < 4.78 is 13.8. The minimum Gasteiger partial charge on any atom is -0.392 e. The Bertz CT molecular complexity index is 395. The summed E-state index contributed by atoms with van der Waals surface area (Å²) in [7, 11) is 1.95. The maximum Gasteiger partial charge on any atom is 0.137 e. The van der Waals surface area contributed by atoms with Gasteiger partial charge in [0.05, 0.1) is 10.6 Å². The molecule has 0 spiro atoms. The van der Waals surface area contributed by atoms with E-state index in [0.717, 1.165) is 18.4 Å². The molecule has 1 aliphatic carbocycles. The molecule has 4 heteroatoms. The Balaban J connectivity index is 1.88. The van der Waals surface area contributed by atoms with E-state index in [0.29, 0.717) is 23.5 Å².